The number of rotatable bonds is 7. The van der Waals surface area contributed by atoms with Gasteiger partial charge in [-0.25, -0.2) is 0 Å². The van der Waals surface area contributed by atoms with Gasteiger partial charge in [0.15, 0.2) is 0 Å². The smallest absolute Gasteiger partial charge is 0.227 e. The summed E-state index contributed by atoms with van der Waals surface area (Å²) < 4.78 is 0. The lowest BCUT2D eigenvalue weighted by molar-refractivity contribution is -0.131. The lowest BCUT2D eigenvalue weighted by Crippen LogP contribution is -2.33. The third-order valence-electron chi connectivity index (χ3n) is 3.50. The highest BCUT2D eigenvalue weighted by Crippen LogP contribution is 2.17. The molecule has 0 aromatic heterocycles. The molecule has 0 aliphatic carbocycles. The first-order valence-corrected chi connectivity index (χ1v) is 7.83. The molecule has 0 unspecified atom stereocenters. The van der Waals surface area contributed by atoms with Gasteiger partial charge in [-0.1, -0.05) is 60.1 Å². The van der Waals surface area contributed by atoms with E-state index in [0.717, 1.165) is 17.5 Å². The quantitative estimate of drug-likeness (QED) is 0.852. The summed E-state index contributed by atoms with van der Waals surface area (Å²) >= 11 is 6.15. The molecule has 0 atom stereocenters. The van der Waals surface area contributed by atoms with E-state index in [-0.39, 0.29) is 5.91 Å². The zero-order valence-corrected chi connectivity index (χ0v) is 13.3. The number of hydrogen-bond acceptors (Lipinski definition) is 2. The van der Waals surface area contributed by atoms with Crippen LogP contribution in [-0.4, -0.2) is 23.9 Å². The number of carbonyl (C=O) groups excluding carboxylic acids is 1. The van der Waals surface area contributed by atoms with Crippen LogP contribution < -0.4 is 5.73 Å². The van der Waals surface area contributed by atoms with Crippen LogP contribution in [0.4, 0.5) is 0 Å². The molecule has 0 radical (unpaired) electrons. The first-order chi connectivity index (χ1) is 10.7. The molecule has 3 nitrogen and oxygen atoms in total. The molecule has 0 saturated heterocycles. The number of halogens is 1. The SMILES string of the molecule is NCCCN(Cc1ccccc1)C(=O)Cc1ccccc1Cl. The van der Waals surface area contributed by atoms with Crippen LogP contribution in [0.3, 0.4) is 0 Å². The minimum atomic E-state index is 0.0744. The normalized spacial score (nSPS) is 10.5. The Morgan fingerprint density at radius 2 is 1.73 bits per heavy atom. The Labute approximate surface area is 136 Å². The molecule has 2 rings (SSSR count). The summed E-state index contributed by atoms with van der Waals surface area (Å²) in [6.07, 6.45) is 1.11. The summed E-state index contributed by atoms with van der Waals surface area (Å²) in [6.45, 7) is 1.84. The first kappa shape index (κ1) is 16.5. The van der Waals surface area contributed by atoms with Gasteiger partial charge in [0, 0.05) is 18.1 Å². The molecule has 0 fully saturated rings. The third kappa shape index (κ3) is 4.86. The van der Waals surface area contributed by atoms with Crippen molar-refractivity contribution in [2.75, 3.05) is 13.1 Å². The second kappa shape index (κ2) is 8.57. The summed E-state index contributed by atoms with van der Waals surface area (Å²) in [4.78, 5) is 14.5. The average Bonchev–Trinajstić information content (AvgIpc) is 2.54. The van der Waals surface area contributed by atoms with Crippen LogP contribution in [0.1, 0.15) is 17.5 Å². The van der Waals surface area contributed by atoms with Crippen LogP contribution in [0.15, 0.2) is 54.6 Å². The number of nitrogens with zero attached hydrogens (tertiary/aromatic N) is 1. The van der Waals surface area contributed by atoms with Crippen molar-refractivity contribution in [1.82, 2.24) is 4.90 Å². The van der Waals surface area contributed by atoms with Crippen LogP contribution in [0.25, 0.3) is 0 Å². The highest BCUT2D eigenvalue weighted by Gasteiger charge is 2.15. The van der Waals surface area contributed by atoms with E-state index in [4.69, 9.17) is 17.3 Å². The number of carbonyl (C=O) groups is 1. The molecule has 1 amide bonds. The molecule has 0 bridgehead atoms. The van der Waals surface area contributed by atoms with E-state index < -0.39 is 0 Å². The molecule has 0 aliphatic heterocycles. The standard InChI is InChI=1S/C18H21ClN2O/c19-17-10-5-4-9-16(17)13-18(22)21(12-6-11-20)14-15-7-2-1-3-8-15/h1-5,7-10H,6,11-14,20H2. The first-order valence-electron chi connectivity index (χ1n) is 7.46. The third-order valence-corrected chi connectivity index (χ3v) is 3.87. The summed E-state index contributed by atoms with van der Waals surface area (Å²) in [7, 11) is 0. The van der Waals surface area contributed by atoms with Crippen LogP contribution in [0.5, 0.6) is 0 Å². The molecule has 2 N–H and O–H groups in total. The van der Waals surface area contributed by atoms with Gasteiger partial charge in [-0.05, 0) is 30.2 Å². The van der Waals surface area contributed by atoms with Crippen LogP contribution >= 0.6 is 11.6 Å². The second-order valence-corrected chi connectivity index (χ2v) is 5.62. The van der Waals surface area contributed by atoms with Crippen molar-refractivity contribution in [3.63, 3.8) is 0 Å². The zero-order valence-electron chi connectivity index (χ0n) is 12.5. The van der Waals surface area contributed by atoms with Crippen molar-refractivity contribution in [2.45, 2.75) is 19.4 Å². The van der Waals surface area contributed by atoms with Gasteiger partial charge in [-0.2, -0.15) is 0 Å². The Morgan fingerprint density at radius 1 is 1.05 bits per heavy atom. The predicted octanol–water partition coefficient (Wildman–Crippen LogP) is 3.26. The number of amides is 1. The van der Waals surface area contributed by atoms with Crippen molar-refractivity contribution in [3.8, 4) is 0 Å². The van der Waals surface area contributed by atoms with Gasteiger partial charge in [0.05, 0.1) is 6.42 Å². The Balaban J connectivity index is 2.07. The van der Waals surface area contributed by atoms with Gasteiger partial charge in [-0.15, -0.1) is 0 Å². The molecular formula is C18H21ClN2O. The van der Waals surface area contributed by atoms with E-state index in [1.54, 1.807) is 0 Å². The molecule has 2 aromatic rings. The molecule has 0 saturated carbocycles. The van der Waals surface area contributed by atoms with Gasteiger partial charge in [-0.3, -0.25) is 4.79 Å². The Hall–Kier alpha value is -1.84. The van der Waals surface area contributed by atoms with E-state index in [1.165, 1.54) is 0 Å². The molecule has 0 spiro atoms. The number of nitrogens with two attached hydrogens (primary N) is 1. The summed E-state index contributed by atoms with van der Waals surface area (Å²) in [6, 6.07) is 17.5. The molecule has 0 heterocycles. The van der Waals surface area contributed by atoms with Crippen molar-refractivity contribution in [3.05, 3.63) is 70.7 Å². The van der Waals surface area contributed by atoms with Crippen molar-refractivity contribution < 1.29 is 4.79 Å². The fourth-order valence-corrected chi connectivity index (χ4v) is 2.50. The highest BCUT2D eigenvalue weighted by molar-refractivity contribution is 6.31. The summed E-state index contributed by atoms with van der Waals surface area (Å²) in [5.41, 5.74) is 7.57. The molecule has 22 heavy (non-hydrogen) atoms. The number of benzene rings is 2. The van der Waals surface area contributed by atoms with Gasteiger partial charge in [0.1, 0.15) is 0 Å². The fraction of sp³-hybridized carbons (Fsp3) is 0.278. The Bertz CT molecular complexity index is 601. The van der Waals surface area contributed by atoms with E-state index in [1.807, 2.05) is 59.5 Å². The van der Waals surface area contributed by atoms with Crippen molar-refractivity contribution in [2.24, 2.45) is 5.73 Å². The minimum absolute atomic E-state index is 0.0744. The molecule has 2 aromatic carbocycles. The second-order valence-electron chi connectivity index (χ2n) is 5.21. The van der Waals surface area contributed by atoms with E-state index in [0.29, 0.717) is 31.1 Å². The minimum Gasteiger partial charge on any atom is -0.338 e. The maximum Gasteiger partial charge on any atom is 0.227 e. The van der Waals surface area contributed by atoms with Crippen molar-refractivity contribution >= 4 is 17.5 Å². The largest absolute Gasteiger partial charge is 0.338 e. The summed E-state index contributed by atoms with van der Waals surface area (Å²) in [5.74, 6) is 0.0744. The van der Waals surface area contributed by atoms with Crippen molar-refractivity contribution in [1.29, 1.82) is 0 Å². The van der Waals surface area contributed by atoms with Crippen LogP contribution in [0.2, 0.25) is 5.02 Å². The molecule has 116 valence electrons. The highest BCUT2D eigenvalue weighted by atomic mass is 35.5. The maximum absolute atomic E-state index is 12.6. The topological polar surface area (TPSA) is 46.3 Å². The monoisotopic (exact) mass is 316 g/mol. The predicted molar refractivity (Wildman–Crippen MR) is 90.7 cm³/mol. The van der Waals surface area contributed by atoms with Gasteiger partial charge >= 0.3 is 0 Å². The lowest BCUT2D eigenvalue weighted by Gasteiger charge is -2.23. The van der Waals surface area contributed by atoms with E-state index in [2.05, 4.69) is 0 Å². The molecular weight excluding hydrogens is 296 g/mol. The fourth-order valence-electron chi connectivity index (χ4n) is 2.29. The van der Waals surface area contributed by atoms with Gasteiger partial charge < -0.3 is 10.6 Å². The lowest BCUT2D eigenvalue weighted by atomic mass is 10.1. The van der Waals surface area contributed by atoms with Crippen LogP contribution in [0, 0.1) is 0 Å². The molecule has 4 heteroatoms. The van der Waals surface area contributed by atoms with Gasteiger partial charge in [0.2, 0.25) is 5.91 Å². The average molecular weight is 317 g/mol. The Kier molecular flexibility index (Phi) is 6.44. The Morgan fingerprint density at radius 3 is 2.41 bits per heavy atom. The summed E-state index contributed by atoms with van der Waals surface area (Å²) in [5, 5.41) is 0.634. The van der Waals surface area contributed by atoms with Crippen LogP contribution in [-0.2, 0) is 17.8 Å². The van der Waals surface area contributed by atoms with Gasteiger partial charge in [0.25, 0.3) is 0 Å². The maximum atomic E-state index is 12.6. The number of hydrogen-bond donors (Lipinski definition) is 1. The van der Waals surface area contributed by atoms with E-state index in [9.17, 15) is 4.79 Å². The van der Waals surface area contributed by atoms with E-state index >= 15 is 0 Å². The zero-order chi connectivity index (χ0) is 15.8. The molecule has 0 aliphatic rings.